The molecule has 0 unspecified atom stereocenters. The Morgan fingerprint density at radius 1 is 0.857 bits per heavy atom. The molecule has 0 radical (unpaired) electrons. The van der Waals surface area contributed by atoms with Gasteiger partial charge in [0.1, 0.15) is 0 Å². The van der Waals surface area contributed by atoms with Crippen LogP contribution in [0.1, 0.15) is 18.1 Å². The summed E-state index contributed by atoms with van der Waals surface area (Å²) in [6, 6.07) is 22.9. The number of benzene rings is 3. The van der Waals surface area contributed by atoms with E-state index in [0.717, 1.165) is 9.13 Å². The van der Waals surface area contributed by atoms with Crippen molar-refractivity contribution in [3.8, 4) is 0 Å². The molecule has 0 aliphatic rings. The van der Waals surface area contributed by atoms with Gasteiger partial charge in [0.15, 0.2) is 21.2 Å². The second-order valence-corrected chi connectivity index (χ2v) is 6.54. The van der Waals surface area contributed by atoms with Crippen molar-refractivity contribution in [2.45, 2.75) is 6.92 Å². The molecule has 3 rings (SSSR count). The first-order chi connectivity index (χ1) is 10.3. The largest absolute Gasteiger partial charge is 0.265 e. The van der Waals surface area contributed by atoms with Crippen molar-refractivity contribution in [1.29, 1.82) is 0 Å². The van der Waals surface area contributed by atoms with Crippen LogP contribution in [-0.4, -0.2) is 0 Å². The van der Waals surface area contributed by atoms with E-state index in [-0.39, 0.29) is 0 Å². The molecule has 0 amide bonds. The molecule has 0 spiro atoms. The molecule has 0 aromatic heterocycles. The van der Waals surface area contributed by atoms with Crippen molar-refractivity contribution in [3.05, 3.63) is 87.5 Å². The molecule has 21 heavy (non-hydrogen) atoms. The van der Waals surface area contributed by atoms with Crippen molar-refractivity contribution < 1.29 is 3.07 Å². The summed E-state index contributed by atoms with van der Waals surface area (Å²) in [6.07, 6.45) is 2.12. The van der Waals surface area contributed by atoms with Crippen LogP contribution in [0.15, 0.2) is 72.8 Å². The predicted molar refractivity (Wildman–Crippen MR) is 96.5 cm³/mol. The Balaban J connectivity index is 2.11. The summed E-state index contributed by atoms with van der Waals surface area (Å²) in [5.41, 5.74) is 3.50. The van der Waals surface area contributed by atoms with Crippen LogP contribution in [0.2, 0.25) is 0 Å². The standard InChI is InChI=1S/C19H15IO/c1-2-19(16-8-5-9-18(13-16)20-21)17-11-10-14-6-3-4-7-15(14)12-17/h2-13H,1H3/b19-2+. The first-order valence-electron chi connectivity index (χ1n) is 6.85. The lowest BCUT2D eigenvalue weighted by Crippen LogP contribution is -1.89. The molecule has 104 valence electrons. The van der Waals surface area contributed by atoms with Gasteiger partial charge in [-0.2, -0.15) is 0 Å². The Morgan fingerprint density at radius 3 is 2.38 bits per heavy atom. The quantitative estimate of drug-likeness (QED) is 0.522. The highest BCUT2D eigenvalue weighted by Gasteiger charge is 2.06. The lowest BCUT2D eigenvalue weighted by Gasteiger charge is -2.09. The van der Waals surface area contributed by atoms with E-state index in [1.807, 2.05) is 25.1 Å². The third-order valence-corrected chi connectivity index (χ3v) is 4.75. The third-order valence-electron chi connectivity index (χ3n) is 3.57. The number of rotatable bonds is 3. The van der Waals surface area contributed by atoms with Gasteiger partial charge in [0.25, 0.3) is 0 Å². The van der Waals surface area contributed by atoms with Gasteiger partial charge in [-0.3, -0.25) is 3.07 Å². The summed E-state index contributed by atoms with van der Waals surface area (Å²) in [4.78, 5) is 0. The zero-order valence-corrected chi connectivity index (χ0v) is 13.9. The molecule has 0 saturated heterocycles. The Bertz CT molecular complexity index is 834. The van der Waals surface area contributed by atoms with Crippen molar-refractivity contribution in [3.63, 3.8) is 0 Å². The lowest BCUT2D eigenvalue weighted by atomic mass is 9.95. The number of hydrogen-bond acceptors (Lipinski definition) is 1. The summed E-state index contributed by atoms with van der Waals surface area (Å²) >= 11 is -1.11. The maximum Gasteiger partial charge on any atom is 0.182 e. The van der Waals surface area contributed by atoms with E-state index in [9.17, 15) is 3.07 Å². The summed E-state index contributed by atoms with van der Waals surface area (Å²) in [7, 11) is 0. The minimum Gasteiger partial charge on any atom is -0.265 e. The average molecular weight is 386 g/mol. The van der Waals surface area contributed by atoms with Crippen LogP contribution < -0.4 is 0 Å². The Kier molecular flexibility index (Phi) is 4.25. The molecular formula is C19H15IO. The molecule has 0 atom stereocenters. The number of allylic oxidation sites excluding steroid dienone is 1. The second kappa shape index (κ2) is 6.31. The first kappa shape index (κ1) is 14.1. The fourth-order valence-corrected chi connectivity index (χ4v) is 3.38. The average Bonchev–Trinajstić information content (AvgIpc) is 2.56. The van der Waals surface area contributed by atoms with Crippen LogP contribution in [0.4, 0.5) is 0 Å². The summed E-state index contributed by atoms with van der Waals surface area (Å²) in [5, 5.41) is 2.48. The van der Waals surface area contributed by atoms with Gasteiger partial charge in [-0.1, -0.05) is 54.6 Å². The van der Waals surface area contributed by atoms with E-state index in [1.165, 1.54) is 21.9 Å². The summed E-state index contributed by atoms with van der Waals surface area (Å²) in [5.74, 6) is 0. The van der Waals surface area contributed by atoms with Gasteiger partial charge in [-0.25, -0.2) is 0 Å². The van der Waals surface area contributed by atoms with Gasteiger partial charge in [-0.15, -0.1) is 0 Å². The SMILES string of the molecule is C/C=C(\c1cccc(I=O)c1)c1ccc2ccccc2c1. The van der Waals surface area contributed by atoms with Crippen molar-refractivity contribution >= 4 is 37.5 Å². The molecule has 0 aliphatic carbocycles. The second-order valence-electron chi connectivity index (χ2n) is 4.85. The predicted octanol–water partition coefficient (Wildman–Crippen LogP) is 5.78. The number of halogens is 1. The molecule has 2 heteroatoms. The van der Waals surface area contributed by atoms with Crippen LogP contribution in [0.3, 0.4) is 0 Å². The van der Waals surface area contributed by atoms with Crippen molar-refractivity contribution in [2.75, 3.05) is 0 Å². The highest BCUT2D eigenvalue weighted by molar-refractivity contribution is 14.1. The topological polar surface area (TPSA) is 17.1 Å². The Morgan fingerprint density at radius 2 is 1.62 bits per heavy atom. The zero-order chi connectivity index (χ0) is 14.7. The smallest absolute Gasteiger partial charge is 0.182 e. The van der Waals surface area contributed by atoms with Crippen LogP contribution in [0.5, 0.6) is 0 Å². The minimum absolute atomic E-state index is 0.937. The number of hydrogen-bond donors (Lipinski definition) is 0. The van der Waals surface area contributed by atoms with Crippen LogP contribution in [0, 0.1) is 3.57 Å². The van der Waals surface area contributed by atoms with Gasteiger partial charge < -0.3 is 0 Å². The van der Waals surface area contributed by atoms with Gasteiger partial charge in [0.05, 0.1) is 0 Å². The molecule has 3 aromatic carbocycles. The lowest BCUT2D eigenvalue weighted by molar-refractivity contribution is 0.648. The molecule has 0 bridgehead atoms. The van der Waals surface area contributed by atoms with E-state index < -0.39 is 21.2 Å². The Labute approximate surface area is 135 Å². The fourth-order valence-electron chi connectivity index (χ4n) is 2.56. The molecule has 0 saturated carbocycles. The van der Waals surface area contributed by atoms with Gasteiger partial charge in [-0.05, 0) is 52.6 Å². The van der Waals surface area contributed by atoms with Gasteiger partial charge in [0, 0.05) is 3.57 Å². The molecule has 1 nitrogen and oxygen atoms in total. The van der Waals surface area contributed by atoms with Gasteiger partial charge >= 0.3 is 0 Å². The third kappa shape index (κ3) is 2.95. The van der Waals surface area contributed by atoms with E-state index in [1.54, 1.807) is 0 Å². The molecule has 0 N–H and O–H groups in total. The molecule has 0 aliphatic heterocycles. The van der Waals surface area contributed by atoms with Crippen LogP contribution >= 0.6 is 21.2 Å². The molecule has 3 aromatic rings. The monoisotopic (exact) mass is 386 g/mol. The van der Waals surface area contributed by atoms with Crippen LogP contribution in [0.25, 0.3) is 16.3 Å². The van der Waals surface area contributed by atoms with E-state index in [2.05, 4.69) is 54.6 Å². The molecule has 0 heterocycles. The van der Waals surface area contributed by atoms with Crippen molar-refractivity contribution in [2.24, 2.45) is 0 Å². The maximum absolute atomic E-state index is 11.2. The van der Waals surface area contributed by atoms with E-state index in [0.29, 0.717) is 0 Å². The number of fused-ring (bicyclic) bond motifs is 1. The summed E-state index contributed by atoms with van der Waals surface area (Å²) < 4.78 is 12.1. The van der Waals surface area contributed by atoms with E-state index in [4.69, 9.17) is 0 Å². The molecular weight excluding hydrogens is 371 g/mol. The van der Waals surface area contributed by atoms with Crippen LogP contribution in [-0.2, 0) is 3.07 Å². The summed E-state index contributed by atoms with van der Waals surface area (Å²) in [6.45, 7) is 2.05. The highest BCUT2D eigenvalue weighted by atomic mass is 127. The fraction of sp³-hybridized carbons (Fsp3) is 0.0526. The van der Waals surface area contributed by atoms with Crippen molar-refractivity contribution in [1.82, 2.24) is 0 Å². The first-order valence-corrected chi connectivity index (χ1v) is 8.81. The minimum atomic E-state index is -1.11. The maximum atomic E-state index is 11.2. The van der Waals surface area contributed by atoms with E-state index >= 15 is 0 Å². The highest BCUT2D eigenvalue weighted by Crippen LogP contribution is 2.27. The van der Waals surface area contributed by atoms with Gasteiger partial charge in [0.2, 0.25) is 0 Å². The normalized spacial score (nSPS) is 11.8. The zero-order valence-electron chi connectivity index (χ0n) is 11.7. The Hall–Kier alpha value is -1.81. The molecule has 0 fully saturated rings.